The molecule has 24 heavy (non-hydrogen) atoms. The van der Waals surface area contributed by atoms with Gasteiger partial charge in [0.1, 0.15) is 0 Å². The summed E-state index contributed by atoms with van der Waals surface area (Å²) in [5.74, 6) is 0.287. The molecule has 4 heteroatoms. The normalized spacial score (nSPS) is 23.2. The maximum absolute atomic E-state index is 12.9. The van der Waals surface area contributed by atoms with Crippen LogP contribution in [0.15, 0.2) is 46.9 Å². The number of hydrogen-bond acceptors (Lipinski definition) is 2. The Morgan fingerprint density at radius 1 is 1.29 bits per heavy atom. The van der Waals surface area contributed by atoms with Crippen LogP contribution in [0.4, 0.5) is 4.39 Å². The molecule has 0 N–H and O–H groups in total. The second-order valence-corrected chi connectivity index (χ2v) is 7.56. The monoisotopic (exact) mass is 329 g/mol. The van der Waals surface area contributed by atoms with Crippen LogP contribution in [0.2, 0.25) is 0 Å². The van der Waals surface area contributed by atoms with E-state index in [2.05, 4.69) is 43.9 Å². The van der Waals surface area contributed by atoms with Gasteiger partial charge < -0.3 is 0 Å². The van der Waals surface area contributed by atoms with Crippen LogP contribution >= 0.6 is 0 Å². The number of nitrogens with zero attached hydrogens (tertiary/aromatic N) is 3. The maximum atomic E-state index is 12.9. The largest absolute Gasteiger partial charge is 0.292 e. The summed E-state index contributed by atoms with van der Waals surface area (Å²) in [5, 5.41) is 4.67. The topological polar surface area (TPSA) is 30.2 Å². The van der Waals surface area contributed by atoms with Crippen molar-refractivity contribution in [2.75, 3.05) is 6.54 Å². The second kappa shape index (κ2) is 7.29. The van der Waals surface area contributed by atoms with Crippen LogP contribution in [0, 0.1) is 11.3 Å². The van der Waals surface area contributed by atoms with Crippen molar-refractivity contribution in [1.29, 1.82) is 0 Å². The highest BCUT2D eigenvalue weighted by atomic mass is 19.1. The summed E-state index contributed by atoms with van der Waals surface area (Å²) in [4.78, 5) is 4.62. The van der Waals surface area contributed by atoms with E-state index in [1.165, 1.54) is 18.6 Å². The van der Waals surface area contributed by atoms with Gasteiger partial charge in [-0.3, -0.25) is 4.99 Å². The summed E-state index contributed by atoms with van der Waals surface area (Å²) < 4.78 is 14.7. The van der Waals surface area contributed by atoms with Gasteiger partial charge in [0.05, 0.1) is 18.1 Å². The van der Waals surface area contributed by atoms with Crippen molar-refractivity contribution in [1.82, 2.24) is 9.78 Å². The number of hydrogen-bond donors (Lipinski definition) is 0. The quantitative estimate of drug-likeness (QED) is 0.540. The Morgan fingerprint density at radius 2 is 2.00 bits per heavy atom. The van der Waals surface area contributed by atoms with Gasteiger partial charge in [-0.15, -0.1) is 0 Å². The third-order valence-corrected chi connectivity index (χ3v) is 4.39. The Morgan fingerprint density at radius 3 is 2.62 bits per heavy atom. The van der Waals surface area contributed by atoms with Crippen molar-refractivity contribution < 1.29 is 4.39 Å². The zero-order valence-corrected chi connectivity index (χ0v) is 15.5. The molecule has 2 heterocycles. The fourth-order valence-electron chi connectivity index (χ4n) is 2.73. The SMILES string of the molecule is C/C(F)=C\C=C(/C)n1ccc(C2C=NCC(C(C)(C)C)=CC2C)n1. The molecule has 0 aliphatic carbocycles. The van der Waals surface area contributed by atoms with E-state index in [1.807, 2.05) is 25.4 Å². The molecule has 130 valence electrons. The number of aromatic nitrogens is 2. The van der Waals surface area contributed by atoms with Crippen LogP contribution in [-0.2, 0) is 0 Å². The Labute approximate surface area is 144 Å². The minimum Gasteiger partial charge on any atom is -0.292 e. The van der Waals surface area contributed by atoms with E-state index < -0.39 is 0 Å². The number of halogens is 1. The minimum atomic E-state index is -0.217. The Kier molecular flexibility index (Phi) is 5.58. The first-order chi connectivity index (χ1) is 11.2. The van der Waals surface area contributed by atoms with Gasteiger partial charge in [0.25, 0.3) is 0 Å². The van der Waals surface area contributed by atoms with Gasteiger partial charge in [-0.2, -0.15) is 5.10 Å². The third-order valence-electron chi connectivity index (χ3n) is 4.39. The van der Waals surface area contributed by atoms with Crippen LogP contribution in [0.5, 0.6) is 0 Å². The van der Waals surface area contributed by atoms with Gasteiger partial charge >= 0.3 is 0 Å². The molecule has 0 fully saturated rings. The molecule has 3 nitrogen and oxygen atoms in total. The average molecular weight is 329 g/mol. The molecule has 1 aliphatic rings. The minimum absolute atomic E-state index is 0.135. The molecule has 0 saturated heterocycles. The molecule has 2 atom stereocenters. The summed E-state index contributed by atoms with van der Waals surface area (Å²) in [5.41, 5.74) is 3.37. The molecular weight excluding hydrogens is 301 g/mol. The van der Waals surface area contributed by atoms with E-state index in [-0.39, 0.29) is 17.2 Å². The molecule has 1 aromatic heterocycles. The van der Waals surface area contributed by atoms with Gasteiger partial charge in [-0.1, -0.05) is 33.8 Å². The summed E-state index contributed by atoms with van der Waals surface area (Å²) in [6.07, 6.45) is 9.47. The number of rotatable bonds is 3. The fraction of sp³-hybridized carbons (Fsp3) is 0.500. The highest BCUT2D eigenvalue weighted by Crippen LogP contribution is 2.32. The predicted octanol–water partition coefficient (Wildman–Crippen LogP) is 5.39. The lowest BCUT2D eigenvalue weighted by Gasteiger charge is -2.22. The number of allylic oxidation sites excluding steroid dienone is 5. The maximum Gasteiger partial charge on any atom is 0.0969 e. The van der Waals surface area contributed by atoms with Crippen LogP contribution in [-0.4, -0.2) is 22.5 Å². The van der Waals surface area contributed by atoms with E-state index in [4.69, 9.17) is 0 Å². The molecular formula is C20H28FN3. The highest BCUT2D eigenvalue weighted by molar-refractivity contribution is 5.69. The summed E-state index contributed by atoms with van der Waals surface area (Å²) in [7, 11) is 0. The highest BCUT2D eigenvalue weighted by Gasteiger charge is 2.25. The molecule has 1 aliphatic heterocycles. The van der Waals surface area contributed by atoms with Gasteiger partial charge in [0, 0.05) is 24.0 Å². The van der Waals surface area contributed by atoms with E-state index in [0.717, 1.165) is 17.9 Å². The fourth-order valence-corrected chi connectivity index (χ4v) is 2.73. The summed E-state index contributed by atoms with van der Waals surface area (Å²) in [6.45, 7) is 13.0. The smallest absolute Gasteiger partial charge is 0.0969 e. The first-order valence-corrected chi connectivity index (χ1v) is 8.46. The first kappa shape index (κ1) is 18.4. The predicted molar refractivity (Wildman–Crippen MR) is 99.8 cm³/mol. The zero-order valence-electron chi connectivity index (χ0n) is 15.5. The standard InChI is InChI=1S/C20H28FN3/c1-14-11-17(20(4,5)6)12-22-13-18(14)19-9-10-24(23-19)16(3)8-7-15(2)21/h7-11,13-14,18H,12H2,1-6H3/b15-7+,16-8+. The van der Waals surface area contributed by atoms with Crippen LogP contribution in [0.3, 0.4) is 0 Å². The van der Waals surface area contributed by atoms with Crippen molar-refractivity contribution in [3.63, 3.8) is 0 Å². The second-order valence-electron chi connectivity index (χ2n) is 7.56. The van der Waals surface area contributed by atoms with Gasteiger partial charge in [-0.25, -0.2) is 9.07 Å². The van der Waals surface area contributed by atoms with Crippen molar-refractivity contribution in [2.24, 2.45) is 16.3 Å². The lowest BCUT2D eigenvalue weighted by molar-refractivity contribution is 0.488. The molecule has 0 bridgehead atoms. The molecule has 0 spiro atoms. The van der Waals surface area contributed by atoms with Crippen molar-refractivity contribution in [3.05, 3.63) is 47.6 Å². The van der Waals surface area contributed by atoms with Crippen molar-refractivity contribution in [2.45, 2.75) is 47.5 Å². The Hall–Kier alpha value is -1.97. The Balaban J connectivity index is 2.26. The number of aliphatic imine (C=N–C) groups is 1. The van der Waals surface area contributed by atoms with Crippen molar-refractivity contribution >= 4 is 11.9 Å². The molecule has 2 unspecified atom stereocenters. The molecule has 0 saturated carbocycles. The average Bonchev–Trinajstić information content (AvgIpc) is 2.87. The van der Waals surface area contributed by atoms with E-state index in [1.54, 1.807) is 10.8 Å². The van der Waals surface area contributed by atoms with Gasteiger partial charge in [0.15, 0.2) is 0 Å². The summed E-state index contributed by atoms with van der Waals surface area (Å²) in [6, 6.07) is 2.02. The molecule has 1 aromatic rings. The van der Waals surface area contributed by atoms with Gasteiger partial charge in [-0.05, 0) is 49.0 Å². The van der Waals surface area contributed by atoms with Crippen LogP contribution in [0.1, 0.15) is 53.2 Å². The summed E-state index contributed by atoms with van der Waals surface area (Å²) >= 11 is 0. The lowest BCUT2D eigenvalue weighted by atomic mass is 9.82. The molecule has 0 aromatic carbocycles. The molecule has 0 amide bonds. The van der Waals surface area contributed by atoms with E-state index in [9.17, 15) is 4.39 Å². The Bertz CT molecular complexity index is 695. The van der Waals surface area contributed by atoms with E-state index in [0.29, 0.717) is 5.92 Å². The molecule has 2 rings (SSSR count). The van der Waals surface area contributed by atoms with Crippen LogP contribution < -0.4 is 0 Å². The third kappa shape index (κ3) is 4.53. The first-order valence-electron chi connectivity index (χ1n) is 8.46. The van der Waals surface area contributed by atoms with E-state index >= 15 is 0 Å². The zero-order chi connectivity index (χ0) is 17.9. The lowest BCUT2D eigenvalue weighted by Crippen LogP contribution is -2.14. The van der Waals surface area contributed by atoms with Gasteiger partial charge in [0.2, 0.25) is 0 Å². The van der Waals surface area contributed by atoms with Crippen LogP contribution in [0.25, 0.3) is 5.70 Å². The van der Waals surface area contributed by atoms with Crippen molar-refractivity contribution in [3.8, 4) is 0 Å². The molecule has 0 radical (unpaired) electrons.